The van der Waals surface area contributed by atoms with Crippen molar-refractivity contribution in [3.05, 3.63) is 71.0 Å². The van der Waals surface area contributed by atoms with Crippen LogP contribution in [0.4, 0.5) is 0 Å². The van der Waals surface area contributed by atoms with Gasteiger partial charge in [-0.2, -0.15) is 0 Å². The zero-order valence-corrected chi connectivity index (χ0v) is 15.0. The second-order valence-electron chi connectivity index (χ2n) is 6.20. The third-order valence-corrected chi connectivity index (χ3v) is 4.61. The van der Waals surface area contributed by atoms with Crippen LogP contribution in [0.2, 0.25) is 5.02 Å². The van der Waals surface area contributed by atoms with Crippen LogP contribution in [-0.2, 0) is 4.79 Å². The van der Waals surface area contributed by atoms with Crippen molar-refractivity contribution in [2.45, 2.75) is 18.9 Å². The van der Waals surface area contributed by atoms with Gasteiger partial charge in [-0.1, -0.05) is 23.7 Å². The lowest BCUT2D eigenvalue weighted by molar-refractivity contribution is -0.126. The molecule has 1 saturated heterocycles. The molecule has 0 bridgehead atoms. The van der Waals surface area contributed by atoms with Gasteiger partial charge in [0.1, 0.15) is 0 Å². The van der Waals surface area contributed by atoms with Crippen LogP contribution in [0.25, 0.3) is 6.08 Å². The normalized spacial score (nSPS) is 15.2. The summed E-state index contributed by atoms with van der Waals surface area (Å²) in [6.45, 7) is 1.25. The summed E-state index contributed by atoms with van der Waals surface area (Å²) in [4.78, 5) is 30.2. The largest absolute Gasteiger partial charge is 0.349 e. The number of carbonyl (C=O) groups is 2. The number of rotatable bonds is 4. The molecule has 0 radical (unpaired) electrons. The minimum absolute atomic E-state index is 0.0167. The summed E-state index contributed by atoms with van der Waals surface area (Å²) in [5.41, 5.74) is 1.48. The number of nitrogens with one attached hydrogen (secondary N) is 1. The Kier molecular flexibility index (Phi) is 6.02. The van der Waals surface area contributed by atoms with E-state index >= 15 is 0 Å². The first-order valence-corrected chi connectivity index (χ1v) is 8.93. The van der Waals surface area contributed by atoms with Crippen molar-refractivity contribution in [3.8, 4) is 0 Å². The first-order valence-electron chi connectivity index (χ1n) is 8.55. The molecule has 2 heterocycles. The minimum Gasteiger partial charge on any atom is -0.349 e. The fourth-order valence-corrected chi connectivity index (χ4v) is 2.98. The van der Waals surface area contributed by atoms with Gasteiger partial charge < -0.3 is 10.2 Å². The number of halogens is 1. The second kappa shape index (κ2) is 8.63. The number of amides is 2. The van der Waals surface area contributed by atoms with Crippen molar-refractivity contribution in [2.24, 2.45) is 0 Å². The SMILES string of the molecule is O=C(NC1CCN(C(=O)/C=C/c2ccc(Cl)cc2)CC1)c1cccnc1. The van der Waals surface area contributed by atoms with Gasteiger partial charge in [0.15, 0.2) is 0 Å². The Bertz CT molecular complexity index is 782. The van der Waals surface area contributed by atoms with E-state index in [0.717, 1.165) is 18.4 Å². The van der Waals surface area contributed by atoms with E-state index in [2.05, 4.69) is 10.3 Å². The Balaban J connectivity index is 1.48. The van der Waals surface area contributed by atoms with Crippen LogP contribution < -0.4 is 5.32 Å². The zero-order chi connectivity index (χ0) is 18.4. The standard InChI is InChI=1S/C20H20ClN3O2/c21-17-6-3-15(4-7-17)5-8-19(25)24-12-9-18(10-13-24)23-20(26)16-2-1-11-22-14-16/h1-8,11,14,18H,9-10,12-13H2,(H,23,26)/b8-5+. The predicted octanol–water partition coefficient (Wildman–Crippen LogP) is 3.17. The molecule has 0 spiro atoms. The number of hydrogen-bond acceptors (Lipinski definition) is 3. The van der Waals surface area contributed by atoms with Crippen molar-refractivity contribution in [1.29, 1.82) is 0 Å². The number of benzene rings is 1. The molecule has 1 aromatic carbocycles. The van der Waals surface area contributed by atoms with Gasteiger partial charge >= 0.3 is 0 Å². The molecule has 5 nitrogen and oxygen atoms in total. The van der Waals surface area contributed by atoms with E-state index in [1.165, 1.54) is 0 Å². The molecule has 6 heteroatoms. The molecule has 0 unspecified atom stereocenters. The molecular formula is C20H20ClN3O2. The first-order chi connectivity index (χ1) is 12.6. The monoisotopic (exact) mass is 369 g/mol. The molecular weight excluding hydrogens is 350 g/mol. The fourth-order valence-electron chi connectivity index (χ4n) is 2.86. The summed E-state index contributed by atoms with van der Waals surface area (Å²) in [5, 5.41) is 3.68. The van der Waals surface area contributed by atoms with Crippen LogP contribution in [0.15, 0.2) is 54.9 Å². The van der Waals surface area contributed by atoms with Crippen molar-refractivity contribution < 1.29 is 9.59 Å². The van der Waals surface area contributed by atoms with Gasteiger partial charge in [-0.05, 0) is 48.7 Å². The Morgan fingerprint density at radius 1 is 1.15 bits per heavy atom. The molecule has 0 atom stereocenters. The Labute approximate surface area is 157 Å². The van der Waals surface area contributed by atoms with Gasteiger partial charge in [0.2, 0.25) is 5.91 Å². The summed E-state index contributed by atoms with van der Waals surface area (Å²) in [7, 11) is 0. The average molecular weight is 370 g/mol. The lowest BCUT2D eigenvalue weighted by Gasteiger charge is -2.31. The number of pyridine rings is 1. The Morgan fingerprint density at radius 3 is 2.54 bits per heavy atom. The van der Waals surface area contributed by atoms with E-state index in [1.807, 2.05) is 12.1 Å². The van der Waals surface area contributed by atoms with E-state index in [9.17, 15) is 9.59 Å². The number of nitrogens with zero attached hydrogens (tertiary/aromatic N) is 2. The van der Waals surface area contributed by atoms with Crippen molar-refractivity contribution in [1.82, 2.24) is 15.2 Å². The van der Waals surface area contributed by atoms with Gasteiger partial charge in [0, 0.05) is 42.6 Å². The molecule has 1 N–H and O–H groups in total. The molecule has 1 aromatic heterocycles. The number of piperidine rings is 1. The molecule has 1 aliphatic heterocycles. The summed E-state index contributed by atoms with van der Waals surface area (Å²) >= 11 is 5.85. The molecule has 134 valence electrons. The number of aromatic nitrogens is 1. The molecule has 0 saturated carbocycles. The topological polar surface area (TPSA) is 62.3 Å². The maximum absolute atomic E-state index is 12.3. The third-order valence-electron chi connectivity index (χ3n) is 4.35. The number of hydrogen-bond donors (Lipinski definition) is 1. The average Bonchev–Trinajstić information content (AvgIpc) is 2.68. The van der Waals surface area contributed by atoms with Crippen LogP contribution in [0.5, 0.6) is 0 Å². The van der Waals surface area contributed by atoms with Gasteiger partial charge in [0.25, 0.3) is 5.91 Å². The van der Waals surface area contributed by atoms with Crippen molar-refractivity contribution in [3.63, 3.8) is 0 Å². The Hall–Kier alpha value is -2.66. The van der Waals surface area contributed by atoms with Crippen molar-refractivity contribution >= 4 is 29.5 Å². The Morgan fingerprint density at radius 2 is 1.88 bits per heavy atom. The van der Waals surface area contributed by atoms with Crippen LogP contribution >= 0.6 is 11.6 Å². The smallest absolute Gasteiger partial charge is 0.253 e. The van der Waals surface area contributed by atoms with Crippen LogP contribution in [0.1, 0.15) is 28.8 Å². The second-order valence-corrected chi connectivity index (χ2v) is 6.64. The number of likely N-dealkylation sites (tertiary alicyclic amines) is 1. The highest BCUT2D eigenvalue weighted by Crippen LogP contribution is 2.14. The van der Waals surface area contributed by atoms with Crippen LogP contribution in [0.3, 0.4) is 0 Å². The summed E-state index contributed by atoms with van der Waals surface area (Å²) in [6.07, 6.45) is 8.04. The van der Waals surface area contributed by atoms with E-state index in [1.54, 1.807) is 53.7 Å². The third kappa shape index (κ3) is 4.92. The number of carbonyl (C=O) groups excluding carboxylic acids is 2. The van der Waals surface area contributed by atoms with Crippen molar-refractivity contribution in [2.75, 3.05) is 13.1 Å². The summed E-state index contributed by atoms with van der Waals surface area (Å²) < 4.78 is 0. The van der Waals surface area contributed by atoms with Gasteiger partial charge in [-0.15, -0.1) is 0 Å². The lowest BCUT2D eigenvalue weighted by Crippen LogP contribution is -2.46. The van der Waals surface area contributed by atoms with Crippen LogP contribution in [0, 0.1) is 0 Å². The predicted molar refractivity (Wildman–Crippen MR) is 102 cm³/mol. The van der Waals surface area contributed by atoms with Gasteiger partial charge in [-0.25, -0.2) is 0 Å². The summed E-state index contributed by atoms with van der Waals surface area (Å²) in [5.74, 6) is -0.137. The highest BCUT2D eigenvalue weighted by atomic mass is 35.5. The van der Waals surface area contributed by atoms with E-state index in [0.29, 0.717) is 23.7 Å². The van der Waals surface area contributed by atoms with Gasteiger partial charge in [0.05, 0.1) is 5.56 Å². The zero-order valence-electron chi connectivity index (χ0n) is 14.3. The van der Waals surface area contributed by atoms with E-state index in [4.69, 9.17) is 11.6 Å². The molecule has 3 rings (SSSR count). The summed E-state index contributed by atoms with van der Waals surface area (Å²) in [6, 6.07) is 10.9. The maximum atomic E-state index is 12.3. The molecule has 0 aliphatic carbocycles. The highest BCUT2D eigenvalue weighted by Gasteiger charge is 2.23. The first kappa shape index (κ1) is 18.1. The van der Waals surface area contributed by atoms with E-state index < -0.39 is 0 Å². The highest BCUT2D eigenvalue weighted by molar-refractivity contribution is 6.30. The van der Waals surface area contributed by atoms with E-state index in [-0.39, 0.29) is 17.9 Å². The van der Waals surface area contributed by atoms with Gasteiger partial charge in [-0.3, -0.25) is 14.6 Å². The molecule has 26 heavy (non-hydrogen) atoms. The molecule has 2 amide bonds. The lowest BCUT2D eigenvalue weighted by atomic mass is 10.0. The molecule has 1 aliphatic rings. The molecule has 1 fully saturated rings. The maximum Gasteiger partial charge on any atom is 0.253 e. The minimum atomic E-state index is -0.120. The quantitative estimate of drug-likeness (QED) is 0.842. The fraction of sp³-hybridized carbons (Fsp3) is 0.250. The molecule has 2 aromatic rings. The van der Waals surface area contributed by atoms with Crippen LogP contribution in [-0.4, -0.2) is 40.8 Å².